The lowest BCUT2D eigenvalue weighted by Gasteiger charge is -2.18. The third-order valence-corrected chi connectivity index (χ3v) is 2.57. The molecule has 0 amide bonds. The lowest BCUT2D eigenvalue weighted by atomic mass is 10.1. The Morgan fingerprint density at radius 1 is 1.22 bits per heavy atom. The van der Waals surface area contributed by atoms with E-state index < -0.39 is 18.2 Å². The Bertz CT molecular complexity index is 365. The van der Waals surface area contributed by atoms with Crippen LogP contribution in [-0.2, 0) is 16.0 Å². The molecule has 0 fully saturated rings. The number of carbonyl (C=O) groups is 1. The monoisotopic (exact) mass is 250 g/mol. The molecule has 0 saturated carbocycles. The third-order valence-electron chi connectivity index (χ3n) is 2.57. The van der Waals surface area contributed by atoms with Gasteiger partial charge in [0.2, 0.25) is 0 Å². The molecule has 1 rings (SSSR count). The smallest absolute Gasteiger partial charge is 0.324 e. The van der Waals surface area contributed by atoms with E-state index in [1.54, 1.807) is 0 Å². The number of ether oxygens (including phenoxy) is 1. The molecule has 1 unspecified atom stereocenters. The third kappa shape index (κ3) is 5.29. The number of nitrogens with two attached hydrogens (primary N) is 2. The van der Waals surface area contributed by atoms with Gasteiger partial charge in [-0.3, -0.25) is 10.5 Å². The van der Waals surface area contributed by atoms with Crippen LogP contribution in [0.4, 0.5) is 0 Å². The van der Waals surface area contributed by atoms with E-state index in [9.17, 15) is 4.79 Å². The minimum Gasteiger partial charge on any atom is -0.446 e. The van der Waals surface area contributed by atoms with Crippen LogP contribution in [-0.4, -0.2) is 18.2 Å². The van der Waals surface area contributed by atoms with E-state index in [2.05, 4.69) is 0 Å². The predicted octanol–water partition coefficient (Wildman–Crippen LogP) is 1.43. The Hall–Kier alpha value is -1.39. The molecule has 0 aromatic heterocycles. The number of hydrogen-bond acceptors (Lipinski definition) is 4. The zero-order valence-electron chi connectivity index (χ0n) is 11.0. The lowest BCUT2D eigenvalue weighted by molar-refractivity contribution is -0.151. The van der Waals surface area contributed by atoms with Crippen molar-refractivity contribution in [3.8, 4) is 0 Å². The van der Waals surface area contributed by atoms with Crippen molar-refractivity contribution in [3.05, 3.63) is 35.9 Å². The maximum Gasteiger partial charge on any atom is 0.324 e. The van der Waals surface area contributed by atoms with Crippen LogP contribution in [0.2, 0.25) is 0 Å². The van der Waals surface area contributed by atoms with Crippen molar-refractivity contribution in [1.29, 1.82) is 0 Å². The van der Waals surface area contributed by atoms with Gasteiger partial charge >= 0.3 is 5.97 Å². The van der Waals surface area contributed by atoms with E-state index in [1.807, 2.05) is 44.2 Å². The number of benzene rings is 1. The summed E-state index contributed by atoms with van der Waals surface area (Å²) < 4.78 is 5.11. The van der Waals surface area contributed by atoms with Crippen LogP contribution in [0.1, 0.15) is 25.8 Å². The fourth-order valence-electron chi connectivity index (χ4n) is 1.70. The van der Waals surface area contributed by atoms with Gasteiger partial charge < -0.3 is 10.5 Å². The van der Waals surface area contributed by atoms with Gasteiger partial charge in [0.25, 0.3) is 0 Å². The second kappa shape index (κ2) is 7.13. The molecule has 18 heavy (non-hydrogen) atoms. The molecule has 0 spiro atoms. The predicted molar refractivity (Wildman–Crippen MR) is 71.6 cm³/mol. The summed E-state index contributed by atoms with van der Waals surface area (Å²) in [7, 11) is 0. The highest BCUT2D eigenvalue weighted by Crippen LogP contribution is 2.07. The average Bonchev–Trinajstić information content (AvgIpc) is 2.28. The zero-order valence-corrected chi connectivity index (χ0v) is 11.0. The molecule has 100 valence electrons. The van der Waals surface area contributed by atoms with E-state index >= 15 is 0 Å². The van der Waals surface area contributed by atoms with Gasteiger partial charge in [0.15, 0.2) is 6.23 Å². The summed E-state index contributed by atoms with van der Waals surface area (Å²) in [4.78, 5) is 11.7. The Labute approximate surface area is 108 Å². The van der Waals surface area contributed by atoms with E-state index in [1.165, 1.54) is 0 Å². The van der Waals surface area contributed by atoms with Gasteiger partial charge in [0.05, 0.1) is 0 Å². The Morgan fingerprint density at radius 2 is 1.83 bits per heavy atom. The van der Waals surface area contributed by atoms with Crippen molar-refractivity contribution < 1.29 is 9.53 Å². The van der Waals surface area contributed by atoms with Gasteiger partial charge in [-0.05, 0) is 17.9 Å². The van der Waals surface area contributed by atoms with Gasteiger partial charge in [-0.2, -0.15) is 0 Å². The molecule has 2 atom stereocenters. The summed E-state index contributed by atoms with van der Waals surface area (Å²) >= 11 is 0. The lowest BCUT2D eigenvalue weighted by Crippen LogP contribution is -2.39. The molecule has 0 aliphatic rings. The molecule has 4 N–H and O–H groups in total. The van der Waals surface area contributed by atoms with Crippen molar-refractivity contribution in [2.24, 2.45) is 17.4 Å². The van der Waals surface area contributed by atoms with Crippen molar-refractivity contribution in [1.82, 2.24) is 0 Å². The maximum absolute atomic E-state index is 11.7. The van der Waals surface area contributed by atoms with Gasteiger partial charge in [0, 0.05) is 6.42 Å². The van der Waals surface area contributed by atoms with Gasteiger partial charge in [-0.1, -0.05) is 44.2 Å². The highest BCUT2D eigenvalue weighted by molar-refractivity contribution is 5.76. The molecule has 0 aliphatic carbocycles. The van der Waals surface area contributed by atoms with Crippen molar-refractivity contribution in [2.45, 2.75) is 39.0 Å². The van der Waals surface area contributed by atoms with E-state index in [0.717, 1.165) is 5.56 Å². The topological polar surface area (TPSA) is 78.3 Å². The molecule has 4 heteroatoms. The van der Waals surface area contributed by atoms with Gasteiger partial charge in [-0.15, -0.1) is 0 Å². The van der Waals surface area contributed by atoms with Crippen LogP contribution < -0.4 is 11.5 Å². The molecule has 0 saturated heterocycles. The molecule has 0 aliphatic heterocycles. The first-order valence-electron chi connectivity index (χ1n) is 6.24. The molecule has 0 radical (unpaired) electrons. The van der Waals surface area contributed by atoms with E-state index in [4.69, 9.17) is 16.2 Å². The summed E-state index contributed by atoms with van der Waals surface area (Å²) in [5.41, 5.74) is 12.5. The Kier molecular flexibility index (Phi) is 5.82. The van der Waals surface area contributed by atoms with Crippen LogP contribution in [0.5, 0.6) is 0 Å². The molecule has 1 aromatic carbocycles. The minimum atomic E-state index is -0.661. The van der Waals surface area contributed by atoms with Crippen molar-refractivity contribution in [3.63, 3.8) is 0 Å². The largest absolute Gasteiger partial charge is 0.446 e. The van der Waals surface area contributed by atoms with Gasteiger partial charge in [-0.25, -0.2) is 0 Å². The quantitative estimate of drug-likeness (QED) is 0.591. The first kappa shape index (κ1) is 14.7. The van der Waals surface area contributed by atoms with Crippen LogP contribution >= 0.6 is 0 Å². The van der Waals surface area contributed by atoms with E-state index in [0.29, 0.717) is 18.8 Å². The molecule has 4 nitrogen and oxygen atoms in total. The van der Waals surface area contributed by atoms with Crippen LogP contribution in [0.3, 0.4) is 0 Å². The first-order valence-corrected chi connectivity index (χ1v) is 6.24. The maximum atomic E-state index is 11.7. The highest BCUT2D eigenvalue weighted by Gasteiger charge is 2.19. The normalized spacial score (nSPS) is 14.3. The summed E-state index contributed by atoms with van der Waals surface area (Å²) in [6.07, 6.45) is 0.539. The second-order valence-electron chi connectivity index (χ2n) is 4.90. The number of carbonyl (C=O) groups excluding carboxylic acids is 1. The molecule has 1 aromatic rings. The van der Waals surface area contributed by atoms with Crippen molar-refractivity contribution in [2.75, 3.05) is 0 Å². The van der Waals surface area contributed by atoms with E-state index in [-0.39, 0.29) is 0 Å². The minimum absolute atomic E-state index is 0.387. The number of rotatable bonds is 6. The zero-order chi connectivity index (χ0) is 13.5. The fourth-order valence-corrected chi connectivity index (χ4v) is 1.70. The number of hydrogen-bond donors (Lipinski definition) is 2. The summed E-state index contributed by atoms with van der Waals surface area (Å²) in [6.45, 7) is 4.05. The van der Waals surface area contributed by atoms with Crippen LogP contribution in [0.15, 0.2) is 30.3 Å². The first-order chi connectivity index (χ1) is 8.49. The molecule has 0 heterocycles. The summed E-state index contributed by atoms with van der Waals surface area (Å²) in [5, 5.41) is 0. The van der Waals surface area contributed by atoms with Crippen molar-refractivity contribution >= 4 is 5.97 Å². The molecule has 0 bridgehead atoms. The van der Waals surface area contributed by atoms with Gasteiger partial charge in [0.1, 0.15) is 6.04 Å². The molecular formula is C14H22N2O2. The summed E-state index contributed by atoms with van der Waals surface area (Å²) in [6, 6.07) is 8.95. The molecular weight excluding hydrogens is 228 g/mol. The fraction of sp³-hybridized carbons (Fsp3) is 0.500. The Balaban J connectivity index is 2.42. The standard InChI is InChI=1S/C14H22N2O2/c1-10(2)8-13(16)18-14(17)12(15)9-11-6-4-3-5-7-11/h3-7,10,12-13H,8-9,15-16H2,1-2H3/t12-,13?/m0/s1. The van der Waals surface area contributed by atoms with Crippen LogP contribution in [0, 0.1) is 5.92 Å². The Morgan fingerprint density at radius 3 is 2.39 bits per heavy atom. The second-order valence-corrected chi connectivity index (χ2v) is 4.90. The average molecular weight is 250 g/mol. The number of esters is 1. The summed E-state index contributed by atoms with van der Waals surface area (Å²) in [5.74, 6) is -0.0508. The van der Waals surface area contributed by atoms with Crippen LogP contribution in [0.25, 0.3) is 0 Å². The SMILES string of the molecule is CC(C)CC(N)OC(=O)[C@@H](N)Cc1ccccc1. The highest BCUT2D eigenvalue weighted by atomic mass is 16.6.